The van der Waals surface area contributed by atoms with Crippen LogP contribution in [-0.2, 0) is 0 Å². The molecule has 0 aliphatic heterocycles. The largest absolute Gasteiger partial charge is 0.413 e. The lowest BCUT2D eigenvalue weighted by atomic mass is 10.3. The van der Waals surface area contributed by atoms with E-state index in [1.807, 2.05) is 0 Å². The van der Waals surface area contributed by atoms with Gasteiger partial charge in [-0.3, -0.25) is 4.98 Å². The molecule has 3 heterocycles. The third-order valence-corrected chi connectivity index (χ3v) is 2.38. The van der Waals surface area contributed by atoms with Crippen molar-refractivity contribution in [3.8, 4) is 23.2 Å². The molecule has 0 aliphatic rings. The number of halogens is 2. The van der Waals surface area contributed by atoms with Gasteiger partial charge in [-0.15, -0.1) is 10.2 Å². The van der Waals surface area contributed by atoms with Crippen molar-refractivity contribution in [2.45, 2.75) is 6.55 Å². The lowest BCUT2D eigenvalue weighted by Crippen LogP contribution is -2.02. The van der Waals surface area contributed by atoms with E-state index in [1.165, 1.54) is 12.3 Å². The Bertz CT molecular complexity index is 679. The quantitative estimate of drug-likeness (QED) is 0.725. The van der Waals surface area contributed by atoms with E-state index >= 15 is 0 Å². The Morgan fingerprint density at radius 3 is 2.63 bits per heavy atom. The minimum atomic E-state index is -2.77. The zero-order valence-corrected chi connectivity index (χ0v) is 9.44. The predicted octanol–water partition coefficient (Wildman–Crippen LogP) is 2.39. The maximum Gasteiger partial charge on any atom is 0.333 e. The van der Waals surface area contributed by atoms with Crippen molar-refractivity contribution in [2.24, 2.45) is 0 Å². The second kappa shape index (κ2) is 4.56. The van der Waals surface area contributed by atoms with Gasteiger partial charge in [0.1, 0.15) is 11.4 Å². The van der Waals surface area contributed by atoms with E-state index in [4.69, 9.17) is 4.42 Å². The van der Waals surface area contributed by atoms with E-state index in [2.05, 4.69) is 20.3 Å². The van der Waals surface area contributed by atoms with Crippen molar-refractivity contribution < 1.29 is 13.2 Å². The Balaban J connectivity index is 2.00. The van der Waals surface area contributed by atoms with Crippen LogP contribution < -0.4 is 0 Å². The first-order chi connectivity index (χ1) is 9.25. The second-order valence-corrected chi connectivity index (χ2v) is 3.57. The van der Waals surface area contributed by atoms with Crippen LogP contribution >= 0.6 is 0 Å². The number of hydrogen-bond acceptors (Lipinski definition) is 5. The summed E-state index contributed by atoms with van der Waals surface area (Å²) >= 11 is 0. The van der Waals surface area contributed by atoms with Gasteiger partial charge in [-0.05, 0) is 18.2 Å². The van der Waals surface area contributed by atoms with E-state index < -0.39 is 6.55 Å². The number of rotatable bonds is 3. The van der Waals surface area contributed by atoms with Crippen molar-refractivity contribution >= 4 is 0 Å². The van der Waals surface area contributed by atoms with Crippen LogP contribution in [0.4, 0.5) is 8.78 Å². The van der Waals surface area contributed by atoms with Crippen LogP contribution in [0.2, 0.25) is 0 Å². The van der Waals surface area contributed by atoms with Crippen molar-refractivity contribution in [3.05, 3.63) is 36.7 Å². The maximum atomic E-state index is 12.7. The third kappa shape index (κ3) is 2.07. The summed E-state index contributed by atoms with van der Waals surface area (Å²) in [6, 6.07) is 6.56. The van der Waals surface area contributed by atoms with Crippen LogP contribution in [0, 0.1) is 0 Å². The van der Waals surface area contributed by atoms with Crippen molar-refractivity contribution in [1.29, 1.82) is 0 Å². The van der Waals surface area contributed by atoms with Gasteiger partial charge in [0, 0.05) is 12.4 Å². The molecule has 0 aromatic carbocycles. The lowest BCUT2D eigenvalue weighted by Gasteiger charge is -2.01. The zero-order valence-electron chi connectivity index (χ0n) is 9.44. The molecule has 96 valence electrons. The monoisotopic (exact) mass is 263 g/mol. The SMILES string of the molecule is FC(F)n1nccc1-c1nnc(-c2ccccn2)o1. The van der Waals surface area contributed by atoms with Crippen molar-refractivity contribution in [1.82, 2.24) is 25.0 Å². The van der Waals surface area contributed by atoms with Gasteiger partial charge in [-0.2, -0.15) is 18.6 Å². The Labute approximate surface area is 105 Å². The molecule has 3 rings (SSSR count). The smallest absolute Gasteiger partial charge is 0.333 e. The van der Waals surface area contributed by atoms with E-state index in [9.17, 15) is 8.78 Å². The first-order valence-corrected chi connectivity index (χ1v) is 5.32. The molecule has 0 bridgehead atoms. The van der Waals surface area contributed by atoms with Crippen LogP contribution in [0.3, 0.4) is 0 Å². The zero-order chi connectivity index (χ0) is 13.2. The number of pyridine rings is 1. The van der Waals surface area contributed by atoms with Crippen molar-refractivity contribution in [3.63, 3.8) is 0 Å². The molecule has 0 amide bonds. The van der Waals surface area contributed by atoms with Gasteiger partial charge in [-0.1, -0.05) is 6.07 Å². The molecule has 0 aliphatic carbocycles. The van der Waals surface area contributed by atoms with Gasteiger partial charge in [0.25, 0.3) is 11.8 Å². The highest BCUT2D eigenvalue weighted by Crippen LogP contribution is 2.24. The first kappa shape index (κ1) is 11.5. The van der Waals surface area contributed by atoms with Gasteiger partial charge < -0.3 is 4.42 Å². The molecule has 0 fully saturated rings. The average Bonchev–Trinajstić information content (AvgIpc) is 3.08. The van der Waals surface area contributed by atoms with Crippen molar-refractivity contribution in [2.75, 3.05) is 0 Å². The minimum Gasteiger partial charge on any atom is -0.413 e. The Hall–Kier alpha value is -2.64. The van der Waals surface area contributed by atoms with E-state index in [0.29, 0.717) is 10.4 Å². The maximum absolute atomic E-state index is 12.7. The number of nitrogens with zero attached hydrogens (tertiary/aromatic N) is 5. The van der Waals surface area contributed by atoms with Crippen LogP contribution in [0.15, 0.2) is 41.1 Å². The molecule has 8 heteroatoms. The standard InChI is InChI=1S/C11H7F2N5O/c12-11(13)18-8(4-6-15-18)10-17-16-9(19-10)7-3-1-2-5-14-7/h1-6,11H. The molecular weight excluding hydrogens is 256 g/mol. The summed E-state index contributed by atoms with van der Waals surface area (Å²) in [7, 11) is 0. The number of hydrogen-bond donors (Lipinski definition) is 0. The minimum absolute atomic E-state index is 0.0292. The topological polar surface area (TPSA) is 69.6 Å². The Morgan fingerprint density at radius 2 is 1.89 bits per heavy atom. The predicted molar refractivity (Wildman–Crippen MR) is 60.0 cm³/mol. The van der Waals surface area contributed by atoms with Gasteiger partial charge in [0.05, 0.1) is 0 Å². The molecular formula is C11H7F2N5O. The fourth-order valence-corrected chi connectivity index (χ4v) is 1.56. The summed E-state index contributed by atoms with van der Waals surface area (Å²) < 4.78 is 31.2. The summed E-state index contributed by atoms with van der Waals surface area (Å²) in [5, 5.41) is 11.0. The van der Waals surface area contributed by atoms with E-state index in [0.717, 1.165) is 0 Å². The molecule has 0 radical (unpaired) electrons. The second-order valence-electron chi connectivity index (χ2n) is 3.57. The highest BCUT2D eigenvalue weighted by atomic mass is 19.3. The molecule has 0 saturated carbocycles. The molecule has 3 aromatic heterocycles. The normalized spacial score (nSPS) is 11.1. The van der Waals surface area contributed by atoms with Crippen LogP contribution in [0.5, 0.6) is 0 Å². The summed E-state index contributed by atoms with van der Waals surface area (Å²) in [5.41, 5.74) is 0.536. The van der Waals surface area contributed by atoms with Crippen LogP contribution in [0.1, 0.15) is 6.55 Å². The molecule has 6 nitrogen and oxygen atoms in total. The Kier molecular flexibility index (Phi) is 2.75. The van der Waals surface area contributed by atoms with E-state index in [-0.39, 0.29) is 17.5 Å². The van der Waals surface area contributed by atoms with E-state index in [1.54, 1.807) is 24.4 Å². The Morgan fingerprint density at radius 1 is 1.05 bits per heavy atom. The summed E-state index contributed by atoms with van der Waals surface area (Å²) in [5.74, 6) is 0.135. The van der Waals surface area contributed by atoms with Crippen LogP contribution in [0.25, 0.3) is 23.2 Å². The molecule has 0 unspecified atom stereocenters. The molecule has 0 atom stereocenters. The fraction of sp³-hybridized carbons (Fsp3) is 0.0909. The molecule has 0 spiro atoms. The van der Waals surface area contributed by atoms with Gasteiger partial charge in [0.15, 0.2) is 0 Å². The van der Waals surface area contributed by atoms with Gasteiger partial charge in [-0.25, -0.2) is 0 Å². The first-order valence-electron chi connectivity index (χ1n) is 5.32. The fourth-order valence-electron chi connectivity index (χ4n) is 1.56. The summed E-state index contributed by atoms with van der Waals surface area (Å²) in [6.07, 6.45) is 2.81. The van der Waals surface area contributed by atoms with Gasteiger partial charge >= 0.3 is 6.55 Å². The van der Waals surface area contributed by atoms with Crippen LogP contribution in [-0.4, -0.2) is 25.0 Å². The molecule has 0 N–H and O–H groups in total. The summed E-state index contributed by atoms with van der Waals surface area (Å²) in [6.45, 7) is -2.77. The number of alkyl halides is 2. The number of aromatic nitrogens is 5. The van der Waals surface area contributed by atoms with Gasteiger partial charge in [0.2, 0.25) is 0 Å². The molecule has 19 heavy (non-hydrogen) atoms. The lowest BCUT2D eigenvalue weighted by molar-refractivity contribution is 0.0580. The summed E-state index contributed by atoms with van der Waals surface area (Å²) in [4.78, 5) is 4.03. The third-order valence-electron chi connectivity index (χ3n) is 2.38. The highest BCUT2D eigenvalue weighted by Gasteiger charge is 2.19. The highest BCUT2D eigenvalue weighted by molar-refractivity contribution is 5.51. The molecule has 0 saturated heterocycles. The average molecular weight is 263 g/mol. The molecule has 3 aromatic rings.